The van der Waals surface area contributed by atoms with Crippen LogP contribution in [0.25, 0.3) is 77.0 Å². The highest BCUT2D eigenvalue weighted by Gasteiger charge is 2.36. The number of anilines is 1. The number of halogens is 1. The lowest BCUT2D eigenvalue weighted by Crippen LogP contribution is -2.42. The van der Waals surface area contributed by atoms with Crippen LogP contribution in [0.3, 0.4) is 0 Å². The molecule has 1 unspecified atom stereocenters. The highest BCUT2D eigenvalue weighted by molar-refractivity contribution is 7.86. The van der Waals surface area contributed by atoms with E-state index >= 15 is 0 Å². The molecule has 434 valence electrons. The zero-order valence-corrected chi connectivity index (χ0v) is 48.2. The number of unbranched alkanes of at least 4 members (excludes halogenated alkanes) is 4. The maximum absolute atomic E-state index is 13.8. The summed E-state index contributed by atoms with van der Waals surface area (Å²) in [5.74, 6) is -3.78. The zero-order valence-electron chi connectivity index (χ0n) is 47.3. The van der Waals surface area contributed by atoms with Crippen molar-refractivity contribution in [3.05, 3.63) is 161 Å². The van der Waals surface area contributed by atoms with E-state index in [2.05, 4.69) is 25.1 Å². The third-order valence-corrected chi connectivity index (χ3v) is 16.8. The van der Waals surface area contributed by atoms with Crippen LogP contribution in [0, 0.1) is 0 Å². The number of carbonyl (C=O) groups excluding carboxylic acids is 6. The molecule has 1 aliphatic carbocycles. The Bertz CT molecular complexity index is 4580. The minimum absolute atomic E-state index is 0.0227. The average molecular weight is 1170 g/mol. The van der Waals surface area contributed by atoms with Crippen molar-refractivity contribution in [1.29, 1.82) is 0 Å². The van der Waals surface area contributed by atoms with Gasteiger partial charge in [0.25, 0.3) is 23.6 Å². The maximum Gasteiger partial charge on any atom is 0.332 e. The summed E-state index contributed by atoms with van der Waals surface area (Å²) in [5, 5.41) is 25.7. The number of imide groups is 1. The largest absolute Gasteiger partial charge is 0.545 e. The van der Waals surface area contributed by atoms with Crippen LogP contribution in [0.4, 0.5) is 9.57 Å². The first-order valence-corrected chi connectivity index (χ1v) is 29.3. The maximum atomic E-state index is 13.8. The van der Waals surface area contributed by atoms with Crippen LogP contribution < -0.4 is 35.9 Å². The van der Waals surface area contributed by atoms with E-state index in [9.17, 15) is 46.2 Å². The number of carboxylic acids is 1. The highest BCUT2D eigenvalue weighted by Crippen LogP contribution is 2.45. The number of aromatic nitrogens is 2. The Kier molecular flexibility index (Phi) is 15.6. The Balaban J connectivity index is 0.747. The number of hydrogen-bond acceptors (Lipinski definition) is 12. The Morgan fingerprint density at radius 3 is 2.07 bits per heavy atom. The lowest BCUT2D eigenvalue weighted by molar-refractivity contribution is -0.255. The quantitative estimate of drug-likeness (QED) is 0.0163. The number of aryl methyl sites for hydroxylation is 2. The molecule has 0 bridgehead atoms. The molecule has 2 aromatic heterocycles. The number of rotatable bonds is 20. The molecule has 0 saturated carbocycles. The molecule has 0 radical (unpaired) electrons. The molecule has 4 heterocycles. The van der Waals surface area contributed by atoms with Crippen molar-refractivity contribution in [3.63, 3.8) is 0 Å². The average Bonchev–Trinajstić information content (AvgIpc) is 1.56. The van der Waals surface area contributed by atoms with E-state index in [0.29, 0.717) is 76.8 Å². The molecule has 6 aromatic carbocycles. The number of nitrogens with zero attached hydrogens (tertiary/aromatic N) is 4. The number of nitrogens with one attached hydrogen (secondary N) is 3. The molecule has 20 heteroatoms. The second-order valence-electron chi connectivity index (χ2n) is 21.7. The van der Waals surface area contributed by atoms with Gasteiger partial charge in [0.2, 0.25) is 5.36 Å². The van der Waals surface area contributed by atoms with E-state index in [0.717, 1.165) is 91.8 Å². The fourth-order valence-electron chi connectivity index (χ4n) is 11.7. The van der Waals surface area contributed by atoms with Gasteiger partial charge >= 0.3 is 16.2 Å². The Morgan fingerprint density at radius 1 is 0.718 bits per heavy atom. The van der Waals surface area contributed by atoms with Gasteiger partial charge in [0.1, 0.15) is 31.5 Å². The molecule has 0 fully saturated rings. The summed E-state index contributed by atoms with van der Waals surface area (Å²) in [4.78, 5) is 82.1. The Labute approximate surface area is 487 Å². The molecule has 8 aromatic rings. The standard InChI is InChI=1S/C65H60FN7O11S/c1-70(2)39-24-29-45-51(35-39)84-52-36-40(71(3)4)25-30-46(52)53(45)42-28-23-38(34-47(42)64(78)79)60(74)67-31-13-12-18-48(68-61(75)37-21-26-41(27-22-37)85(66,81)82)65(80)83-33-15-7-6-14-32-73-50-20-11-9-17-44(50)55-57-56(62(76)69-63(57)77)54-43-16-8-10-19-49(43)72(5)58(54)59(55)73/h8-11,16-17,19-30,34-36,48H,6-7,12-15,18,31-33H2,1-5H3,(H3-,67,68,69,74,75,76,77,78,79). The summed E-state index contributed by atoms with van der Waals surface area (Å²) in [6, 6.07) is 34.5. The normalized spacial score (nSPS) is 12.8. The van der Waals surface area contributed by atoms with Crippen molar-refractivity contribution in [1.82, 2.24) is 29.7 Å². The number of carboxylic acid groups (broad SMARTS) is 1. The first-order chi connectivity index (χ1) is 40.8. The van der Waals surface area contributed by atoms with Gasteiger partial charge in [-0.2, -0.15) is 8.42 Å². The van der Waals surface area contributed by atoms with Crippen LogP contribution in [0.5, 0.6) is 0 Å². The predicted molar refractivity (Wildman–Crippen MR) is 321 cm³/mol. The first kappa shape index (κ1) is 57.1. The molecule has 4 amide bonds. The van der Waals surface area contributed by atoms with Crippen molar-refractivity contribution < 1.29 is 55.3 Å². The van der Waals surface area contributed by atoms with Gasteiger partial charge in [0, 0.05) is 118 Å². The van der Waals surface area contributed by atoms with E-state index in [1.165, 1.54) is 6.07 Å². The minimum atomic E-state index is -5.03. The minimum Gasteiger partial charge on any atom is -0.545 e. The lowest BCUT2D eigenvalue weighted by Gasteiger charge is -2.20. The fraction of sp³-hybridized carbons (Fsp3) is 0.246. The molecular weight excluding hydrogens is 1110 g/mol. The van der Waals surface area contributed by atoms with Crippen molar-refractivity contribution in [2.24, 2.45) is 7.05 Å². The summed E-state index contributed by atoms with van der Waals surface area (Å²) in [5.41, 5.74) is 7.20. The number of para-hydroxylation sites is 2. The van der Waals surface area contributed by atoms with Gasteiger partial charge < -0.3 is 43.7 Å². The number of ether oxygens (including phenoxy) is 1. The summed E-state index contributed by atoms with van der Waals surface area (Å²) < 4.78 is 55.0. The Hall–Kier alpha value is -9.69. The molecule has 85 heavy (non-hydrogen) atoms. The Morgan fingerprint density at radius 2 is 1.38 bits per heavy atom. The van der Waals surface area contributed by atoms with Crippen molar-refractivity contribution in [2.45, 2.75) is 62.4 Å². The van der Waals surface area contributed by atoms with Gasteiger partial charge in [-0.15, -0.1) is 3.89 Å². The summed E-state index contributed by atoms with van der Waals surface area (Å²) in [6.45, 7) is 0.748. The van der Waals surface area contributed by atoms with Gasteiger partial charge in [0.05, 0.1) is 45.7 Å². The molecule has 0 saturated heterocycles. The van der Waals surface area contributed by atoms with Crippen LogP contribution >= 0.6 is 0 Å². The number of fused-ring (bicyclic) bond motifs is 12. The van der Waals surface area contributed by atoms with Crippen LogP contribution in [0.2, 0.25) is 0 Å². The second-order valence-corrected chi connectivity index (χ2v) is 23.1. The van der Waals surface area contributed by atoms with E-state index in [1.54, 1.807) is 12.1 Å². The van der Waals surface area contributed by atoms with Crippen LogP contribution in [0.15, 0.2) is 137 Å². The number of hydrogen-bond donors (Lipinski definition) is 3. The molecule has 3 aliphatic rings. The predicted octanol–water partition coefficient (Wildman–Crippen LogP) is 8.46. The number of carbonyl (C=O) groups is 6. The van der Waals surface area contributed by atoms with Crippen molar-refractivity contribution in [3.8, 4) is 22.5 Å². The SMILES string of the molecule is CN(C)c1ccc2c(-c3ccc(C(=O)NCCCCC(NC(=O)c4ccc(S(=O)(=O)F)cc4)C(=O)OCCCCCCn4c5ccccc5c5c6c(c7c8ccccc8n(C)c7c54)C(=O)NC6=O)cc3C(=O)[O-])c3ccc(=[N+](C)C)cc-3oc2c1. The summed E-state index contributed by atoms with van der Waals surface area (Å²) >= 11 is 0. The summed E-state index contributed by atoms with van der Waals surface area (Å²) in [6.07, 6.45) is 3.38. The molecule has 11 rings (SSSR count). The molecule has 1 atom stereocenters. The van der Waals surface area contributed by atoms with Gasteiger partial charge in [-0.3, -0.25) is 24.5 Å². The molecule has 2 aliphatic heterocycles. The van der Waals surface area contributed by atoms with Gasteiger partial charge in [0.15, 0.2) is 0 Å². The number of amides is 4. The topological polar surface area (TPSA) is 234 Å². The molecular formula is C65H60FN7O11S. The highest BCUT2D eigenvalue weighted by atomic mass is 32.3. The number of aromatic carboxylic acids is 1. The van der Waals surface area contributed by atoms with E-state index in [1.807, 2.05) is 130 Å². The smallest absolute Gasteiger partial charge is 0.332 e. The monoisotopic (exact) mass is 1170 g/mol. The first-order valence-electron chi connectivity index (χ1n) is 27.9. The molecule has 0 spiro atoms. The number of benzene rings is 7. The van der Waals surface area contributed by atoms with Gasteiger partial charge in [-0.1, -0.05) is 48.9 Å². The molecule has 3 N–H and O–H groups in total. The fourth-order valence-corrected chi connectivity index (χ4v) is 12.2. The van der Waals surface area contributed by atoms with Crippen molar-refractivity contribution >= 4 is 106 Å². The molecule has 18 nitrogen and oxygen atoms in total. The summed E-state index contributed by atoms with van der Waals surface area (Å²) in [7, 11) is 4.57. The zero-order chi connectivity index (χ0) is 60.0. The van der Waals surface area contributed by atoms with E-state index < -0.39 is 56.7 Å². The number of esters is 1. The second kappa shape index (κ2) is 23.2. The third kappa shape index (κ3) is 10.8. The van der Waals surface area contributed by atoms with Gasteiger partial charge in [-0.25, -0.2) is 9.37 Å². The van der Waals surface area contributed by atoms with Crippen LogP contribution in [-0.4, -0.2) is 101 Å². The van der Waals surface area contributed by atoms with Crippen LogP contribution in [0.1, 0.15) is 96.7 Å². The lowest BCUT2D eigenvalue weighted by atomic mass is 9.89. The van der Waals surface area contributed by atoms with E-state index in [-0.39, 0.29) is 36.3 Å². The van der Waals surface area contributed by atoms with E-state index in [4.69, 9.17) is 9.15 Å². The van der Waals surface area contributed by atoms with Crippen LogP contribution in [-0.2, 0) is 33.3 Å². The van der Waals surface area contributed by atoms with Crippen molar-refractivity contribution in [2.75, 3.05) is 46.2 Å². The third-order valence-electron chi connectivity index (χ3n) is 15.9. The van der Waals surface area contributed by atoms with Gasteiger partial charge in [-0.05, 0) is 111 Å².